The molecule has 0 aliphatic carbocycles. The van der Waals surface area contributed by atoms with Crippen LogP contribution in [0.4, 0.5) is 27.5 Å². The van der Waals surface area contributed by atoms with E-state index in [0.717, 1.165) is 0 Å². The number of hydrogen-bond acceptors (Lipinski definition) is 8. The Bertz CT molecular complexity index is 1700. The first-order chi connectivity index (χ1) is 22.3. The van der Waals surface area contributed by atoms with Gasteiger partial charge in [0.1, 0.15) is 17.5 Å². The van der Waals surface area contributed by atoms with Crippen molar-refractivity contribution in [1.29, 1.82) is 0 Å². The molecule has 0 radical (unpaired) electrons. The number of aliphatic hydroxyl groups excluding tert-OH is 1. The number of para-hydroxylation sites is 2. The fourth-order valence-corrected chi connectivity index (χ4v) is 6.03. The van der Waals surface area contributed by atoms with Gasteiger partial charge in [-0.3, -0.25) is 14.6 Å². The number of piperazine rings is 1. The first-order valence-corrected chi connectivity index (χ1v) is 14.8. The lowest BCUT2D eigenvalue weighted by molar-refractivity contribution is -0.146. The number of anilines is 4. The minimum atomic E-state index is -1.29. The van der Waals surface area contributed by atoms with Crippen LogP contribution in [-0.2, 0) is 11.2 Å². The molecule has 0 saturated carbocycles. The van der Waals surface area contributed by atoms with Crippen molar-refractivity contribution in [1.82, 2.24) is 9.80 Å². The number of rotatable bonds is 7. The van der Waals surface area contributed by atoms with Crippen LogP contribution in [0.25, 0.3) is 0 Å². The van der Waals surface area contributed by atoms with Gasteiger partial charge in [-0.05, 0) is 72.3 Å². The summed E-state index contributed by atoms with van der Waals surface area (Å²) in [6, 6.07) is 26.5. The van der Waals surface area contributed by atoms with Crippen molar-refractivity contribution in [3.63, 3.8) is 0 Å². The number of methoxy groups -OCH3 is 2. The topological polar surface area (TPSA) is 123 Å². The normalized spacial score (nSPS) is 16.9. The van der Waals surface area contributed by atoms with E-state index in [4.69, 9.17) is 9.47 Å². The van der Waals surface area contributed by atoms with Crippen LogP contribution < -0.4 is 19.3 Å². The summed E-state index contributed by atoms with van der Waals surface area (Å²) in [5.41, 5.74) is 3.29. The molecule has 0 aromatic heterocycles. The van der Waals surface area contributed by atoms with Crippen molar-refractivity contribution in [2.75, 3.05) is 43.7 Å². The van der Waals surface area contributed by atoms with Gasteiger partial charge in [-0.1, -0.05) is 30.3 Å². The fraction of sp³-hybridized carbons (Fsp3) is 0.229. The Kier molecular flexibility index (Phi) is 8.60. The molecule has 2 heterocycles. The number of hydrogen-bond donors (Lipinski definition) is 2. The summed E-state index contributed by atoms with van der Waals surface area (Å²) in [6.45, 7) is 0.0391. The van der Waals surface area contributed by atoms with E-state index in [-0.39, 0.29) is 31.8 Å². The number of Topliss-reactive ketones (excluding diaryl/α,β-unsaturated/α-hetero) is 1. The summed E-state index contributed by atoms with van der Waals surface area (Å²) < 4.78 is 10.6. The first kappa shape index (κ1) is 30.6. The molecule has 1 unspecified atom stereocenters. The van der Waals surface area contributed by atoms with Crippen molar-refractivity contribution in [2.45, 2.75) is 18.8 Å². The average Bonchev–Trinajstić information content (AvgIpc) is 3.22. The number of benzene rings is 4. The Balaban J connectivity index is 1.32. The van der Waals surface area contributed by atoms with E-state index in [1.54, 1.807) is 115 Å². The van der Waals surface area contributed by atoms with Crippen molar-refractivity contribution in [3.8, 4) is 11.5 Å². The number of carboxylic acid groups (broad SMARTS) is 1. The number of carboxylic acids is 1. The molecule has 2 atom stereocenters. The van der Waals surface area contributed by atoms with Crippen LogP contribution in [0.1, 0.15) is 15.9 Å². The number of carbonyl (C=O) groups is 3. The minimum Gasteiger partial charge on any atom is -0.497 e. The monoisotopic (exact) mass is 622 g/mol. The number of amides is 2. The highest BCUT2D eigenvalue weighted by Gasteiger charge is 2.42. The zero-order valence-corrected chi connectivity index (χ0v) is 25.4. The summed E-state index contributed by atoms with van der Waals surface area (Å²) in [5, 5.41) is 22.3. The average molecular weight is 623 g/mol. The maximum absolute atomic E-state index is 14.4. The summed E-state index contributed by atoms with van der Waals surface area (Å²) in [5.74, 6) is -0.0508. The van der Waals surface area contributed by atoms with E-state index in [0.29, 0.717) is 45.4 Å². The molecular formula is C35H34N4O7. The van der Waals surface area contributed by atoms with Gasteiger partial charge in [0.2, 0.25) is 0 Å². The van der Waals surface area contributed by atoms with E-state index in [9.17, 15) is 24.6 Å². The van der Waals surface area contributed by atoms with E-state index in [1.165, 1.54) is 9.80 Å². The summed E-state index contributed by atoms with van der Waals surface area (Å²) in [4.78, 5) is 46.4. The van der Waals surface area contributed by atoms with Gasteiger partial charge in [0.25, 0.3) is 0 Å². The third kappa shape index (κ3) is 5.73. The van der Waals surface area contributed by atoms with E-state index < -0.39 is 24.4 Å². The molecule has 2 N–H and O–H groups in total. The molecule has 1 fully saturated rings. The van der Waals surface area contributed by atoms with Gasteiger partial charge in [0.15, 0.2) is 12.1 Å². The van der Waals surface area contributed by atoms with Crippen molar-refractivity contribution in [2.24, 2.45) is 0 Å². The molecule has 1 saturated heterocycles. The third-order valence-corrected chi connectivity index (χ3v) is 8.42. The predicted octanol–water partition coefficient (Wildman–Crippen LogP) is 4.89. The Morgan fingerprint density at radius 1 is 0.804 bits per heavy atom. The van der Waals surface area contributed by atoms with E-state index in [1.807, 2.05) is 6.07 Å². The largest absolute Gasteiger partial charge is 0.497 e. The van der Waals surface area contributed by atoms with Crippen molar-refractivity contribution in [3.05, 3.63) is 108 Å². The standard InChI is InChI=1S/C35H34N4O7/c1-45-26-15-11-24(12-16-26)38(25-13-17-27(46-2)18-14-25)34(43)36-19-20-37(31(22-36)33(41)42)35(44)39-29-9-5-3-7-23(29)21-32(40)28-8-4-6-10-30(28)39/h3-18,31,34,43H,19-22H2,1-2H3,(H,41,42)/t31-,34?/m0/s1. The number of ether oxygens (including phenoxy) is 2. The lowest BCUT2D eigenvalue weighted by Crippen LogP contribution is -2.63. The molecular weight excluding hydrogens is 588 g/mol. The molecule has 6 rings (SSSR count). The predicted molar refractivity (Wildman–Crippen MR) is 172 cm³/mol. The van der Waals surface area contributed by atoms with Gasteiger partial charge >= 0.3 is 12.0 Å². The van der Waals surface area contributed by atoms with Gasteiger partial charge < -0.3 is 29.5 Å². The van der Waals surface area contributed by atoms with Crippen LogP contribution >= 0.6 is 0 Å². The SMILES string of the molecule is COc1ccc(N(c2ccc(OC)cc2)C(O)N2CCN(C(=O)N3c4ccccc4CC(=O)c4ccccc43)[C@H](C(=O)O)C2)cc1. The lowest BCUT2D eigenvalue weighted by Gasteiger charge is -2.45. The second-order valence-corrected chi connectivity index (χ2v) is 11.0. The van der Waals surface area contributed by atoms with Crippen molar-refractivity contribution >= 4 is 40.5 Å². The molecule has 2 amide bonds. The Hall–Kier alpha value is -5.39. The van der Waals surface area contributed by atoms with Gasteiger partial charge in [-0.25, -0.2) is 9.59 Å². The lowest BCUT2D eigenvalue weighted by atomic mass is 10.0. The molecule has 4 aromatic rings. The van der Waals surface area contributed by atoms with Crippen LogP contribution in [-0.4, -0.2) is 84.0 Å². The third-order valence-electron chi connectivity index (χ3n) is 8.42. The van der Waals surface area contributed by atoms with Gasteiger partial charge in [-0.2, -0.15) is 0 Å². The Morgan fingerprint density at radius 3 is 1.96 bits per heavy atom. The van der Waals surface area contributed by atoms with Crippen LogP contribution in [0, 0.1) is 0 Å². The summed E-state index contributed by atoms with van der Waals surface area (Å²) in [6.07, 6.45) is -1.16. The zero-order valence-electron chi connectivity index (χ0n) is 25.4. The van der Waals surface area contributed by atoms with Crippen LogP contribution in [0.15, 0.2) is 97.1 Å². The number of carbonyl (C=O) groups excluding carboxylic acids is 2. The summed E-state index contributed by atoms with van der Waals surface area (Å²) >= 11 is 0. The molecule has 2 aliphatic rings. The molecule has 2 aliphatic heterocycles. The number of aliphatic carboxylic acids is 1. The highest BCUT2D eigenvalue weighted by atomic mass is 16.5. The number of nitrogens with zero attached hydrogens (tertiary/aromatic N) is 4. The number of urea groups is 1. The maximum Gasteiger partial charge on any atom is 0.329 e. The quantitative estimate of drug-likeness (QED) is 0.278. The fourth-order valence-electron chi connectivity index (χ4n) is 6.03. The molecule has 11 nitrogen and oxygen atoms in total. The van der Waals surface area contributed by atoms with Crippen LogP contribution in [0.3, 0.4) is 0 Å². The van der Waals surface area contributed by atoms with E-state index in [2.05, 4.69) is 0 Å². The maximum atomic E-state index is 14.4. The zero-order chi connectivity index (χ0) is 32.4. The molecule has 4 aromatic carbocycles. The second kappa shape index (κ2) is 12.9. The Morgan fingerprint density at radius 2 is 1.37 bits per heavy atom. The minimum absolute atomic E-state index is 0.0146. The highest BCUT2D eigenvalue weighted by Crippen LogP contribution is 2.38. The molecule has 11 heteroatoms. The van der Waals surface area contributed by atoms with Gasteiger partial charge in [0, 0.05) is 43.0 Å². The number of fused-ring (bicyclic) bond motifs is 2. The van der Waals surface area contributed by atoms with Gasteiger partial charge in [-0.15, -0.1) is 0 Å². The molecule has 46 heavy (non-hydrogen) atoms. The van der Waals surface area contributed by atoms with Crippen LogP contribution in [0.2, 0.25) is 0 Å². The molecule has 0 spiro atoms. The van der Waals surface area contributed by atoms with Gasteiger partial charge in [0.05, 0.1) is 25.6 Å². The van der Waals surface area contributed by atoms with E-state index >= 15 is 0 Å². The second-order valence-electron chi connectivity index (χ2n) is 11.0. The summed E-state index contributed by atoms with van der Waals surface area (Å²) in [7, 11) is 3.14. The van der Waals surface area contributed by atoms with Crippen molar-refractivity contribution < 1.29 is 34.1 Å². The number of aliphatic hydroxyl groups is 1. The smallest absolute Gasteiger partial charge is 0.329 e. The first-order valence-electron chi connectivity index (χ1n) is 14.8. The Labute approximate surface area is 266 Å². The van der Waals surface area contributed by atoms with Crippen LogP contribution in [0.5, 0.6) is 11.5 Å². The number of ketones is 1. The molecule has 0 bridgehead atoms. The highest BCUT2D eigenvalue weighted by molar-refractivity contribution is 6.12. The molecule has 236 valence electrons.